The van der Waals surface area contributed by atoms with Gasteiger partial charge in [-0.2, -0.15) is 5.10 Å². The third-order valence-electron chi connectivity index (χ3n) is 3.75. The van der Waals surface area contributed by atoms with Crippen LogP contribution in [-0.2, 0) is 6.54 Å². The van der Waals surface area contributed by atoms with Crippen molar-refractivity contribution in [3.05, 3.63) is 75.4 Å². The summed E-state index contributed by atoms with van der Waals surface area (Å²) in [4.78, 5) is 24.5. The lowest BCUT2D eigenvalue weighted by molar-refractivity contribution is 0.0951. The minimum absolute atomic E-state index is 0.215. The fourth-order valence-corrected chi connectivity index (χ4v) is 2.74. The van der Waals surface area contributed by atoms with Gasteiger partial charge in [0.25, 0.3) is 11.5 Å². The highest BCUT2D eigenvalue weighted by atomic mass is 79.9. The number of methoxy groups -OCH3 is 1. The Balaban J connectivity index is 1.71. The van der Waals surface area contributed by atoms with Gasteiger partial charge in [-0.25, -0.2) is 0 Å². The van der Waals surface area contributed by atoms with E-state index >= 15 is 0 Å². The summed E-state index contributed by atoms with van der Waals surface area (Å²) >= 11 is 3.32. The molecule has 134 valence electrons. The van der Waals surface area contributed by atoms with Crippen LogP contribution in [0.3, 0.4) is 0 Å². The van der Waals surface area contributed by atoms with E-state index in [0.29, 0.717) is 30.1 Å². The zero-order chi connectivity index (χ0) is 18.5. The molecule has 0 fully saturated rings. The van der Waals surface area contributed by atoms with Gasteiger partial charge in [0.1, 0.15) is 5.75 Å². The molecule has 0 saturated heterocycles. The standard InChI is InChI=1S/C18H17BrN4O3/c1-26-16-5-3-15(4-6-16)23-11-13(2-7-17(23)24)18(25)20-8-9-22-12-14(19)10-21-22/h2-7,10-12H,8-9H2,1H3,(H,20,25). The number of nitrogens with zero attached hydrogens (tertiary/aromatic N) is 3. The van der Waals surface area contributed by atoms with Crippen LogP contribution in [0.1, 0.15) is 10.4 Å². The van der Waals surface area contributed by atoms with Gasteiger partial charge >= 0.3 is 0 Å². The topological polar surface area (TPSA) is 78.2 Å². The number of aromatic nitrogens is 3. The van der Waals surface area contributed by atoms with Gasteiger partial charge in [-0.1, -0.05) is 0 Å². The molecule has 1 aromatic carbocycles. The number of carbonyl (C=O) groups is 1. The number of pyridine rings is 1. The minimum Gasteiger partial charge on any atom is -0.497 e. The van der Waals surface area contributed by atoms with Crippen LogP contribution in [0.2, 0.25) is 0 Å². The summed E-state index contributed by atoms with van der Waals surface area (Å²) < 4.78 is 9.16. The molecule has 26 heavy (non-hydrogen) atoms. The predicted molar refractivity (Wildman–Crippen MR) is 101 cm³/mol. The van der Waals surface area contributed by atoms with Crippen molar-refractivity contribution in [3.63, 3.8) is 0 Å². The average Bonchev–Trinajstić information content (AvgIpc) is 3.07. The Hall–Kier alpha value is -2.87. The third kappa shape index (κ3) is 4.20. The van der Waals surface area contributed by atoms with Crippen molar-refractivity contribution < 1.29 is 9.53 Å². The predicted octanol–water partition coefficient (Wildman–Crippen LogP) is 2.24. The number of nitrogens with one attached hydrogen (secondary N) is 1. The van der Waals surface area contributed by atoms with E-state index in [0.717, 1.165) is 4.47 Å². The monoisotopic (exact) mass is 416 g/mol. The number of benzene rings is 1. The summed E-state index contributed by atoms with van der Waals surface area (Å²) in [5.41, 5.74) is 0.849. The number of amides is 1. The maximum Gasteiger partial charge on any atom is 0.255 e. The molecule has 8 heteroatoms. The number of rotatable bonds is 6. The molecule has 3 aromatic rings. The summed E-state index contributed by atoms with van der Waals surface area (Å²) in [6.45, 7) is 0.976. The lowest BCUT2D eigenvalue weighted by Crippen LogP contribution is -2.29. The van der Waals surface area contributed by atoms with Crippen LogP contribution in [0, 0.1) is 0 Å². The van der Waals surface area contributed by atoms with Gasteiger partial charge in [0, 0.05) is 30.7 Å². The summed E-state index contributed by atoms with van der Waals surface area (Å²) in [7, 11) is 1.58. The molecule has 0 radical (unpaired) electrons. The van der Waals surface area contributed by atoms with Crippen LogP contribution < -0.4 is 15.6 Å². The lowest BCUT2D eigenvalue weighted by atomic mass is 10.2. The molecule has 0 aliphatic carbocycles. The van der Waals surface area contributed by atoms with Crippen LogP contribution in [0.4, 0.5) is 0 Å². The van der Waals surface area contributed by atoms with Crippen LogP contribution in [-0.4, -0.2) is 33.9 Å². The molecular weight excluding hydrogens is 400 g/mol. The Kier molecular flexibility index (Phi) is 5.52. The second kappa shape index (κ2) is 8.01. The molecule has 0 atom stereocenters. The molecular formula is C18H17BrN4O3. The summed E-state index contributed by atoms with van der Waals surface area (Å²) in [6, 6.07) is 9.94. The first-order valence-electron chi connectivity index (χ1n) is 7.90. The van der Waals surface area contributed by atoms with E-state index in [4.69, 9.17) is 4.74 Å². The first-order chi connectivity index (χ1) is 12.6. The highest BCUT2D eigenvalue weighted by Crippen LogP contribution is 2.14. The SMILES string of the molecule is COc1ccc(-n2cc(C(=O)NCCn3cc(Br)cn3)ccc2=O)cc1. The average molecular weight is 417 g/mol. The van der Waals surface area contributed by atoms with Crippen LogP contribution in [0.5, 0.6) is 5.75 Å². The second-order valence-corrected chi connectivity index (χ2v) is 6.42. The minimum atomic E-state index is -0.251. The number of halogens is 1. The lowest BCUT2D eigenvalue weighted by Gasteiger charge is -2.10. The molecule has 0 aliphatic heterocycles. The van der Waals surface area contributed by atoms with Crippen LogP contribution >= 0.6 is 15.9 Å². The highest BCUT2D eigenvalue weighted by molar-refractivity contribution is 9.10. The molecule has 0 saturated carbocycles. The molecule has 0 aliphatic rings. The molecule has 0 bridgehead atoms. The maximum atomic E-state index is 12.3. The molecule has 7 nitrogen and oxygen atoms in total. The third-order valence-corrected chi connectivity index (χ3v) is 4.16. The van der Waals surface area contributed by atoms with E-state index < -0.39 is 0 Å². The zero-order valence-corrected chi connectivity index (χ0v) is 15.6. The van der Waals surface area contributed by atoms with Gasteiger partial charge in [0.15, 0.2) is 0 Å². The molecule has 0 unspecified atom stereocenters. The van der Waals surface area contributed by atoms with E-state index in [1.165, 1.54) is 22.9 Å². The molecule has 0 spiro atoms. The fourth-order valence-electron chi connectivity index (χ4n) is 2.41. The molecule has 1 N–H and O–H groups in total. The normalized spacial score (nSPS) is 10.5. The zero-order valence-electron chi connectivity index (χ0n) is 14.1. The van der Waals surface area contributed by atoms with E-state index in [9.17, 15) is 9.59 Å². The number of carbonyl (C=O) groups excluding carboxylic acids is 1. The summed E-state index contributed by atoms with van der Waals surface area (Å²) in [5, 5.41) is 6.95. The number of hydrogen-bond acceptors (Lipinski definition) is 4. The smallest absolute Gasteiger partial charge is 0.255 e. The van der Waals surface area contributed by atoms with Crippen molar-refractivity contribution in [3.8, 4) is 11.4 Å². The highest BCUT2D eigenvalue weighted by Gasteiger charge is 2.09. The first-order valence-corrected chi connectivity index (χ1v) is 8.69. The van der Waals surface area contributed by atoms with Crippen molar-refractivity contribution in [2.24, 2.45) is 0 Å². The van der Waals surface area contributed by atoms with Gasteiger partial charge in [-0.3, -0.25) is 18.8 Å². The Morgan fingerprint density at radius 3 is 2.62 bits per heavy atom. The Morgan fingerprint density at radius 1 is 1.19 bits per heavy atom. The Morgan fingerprint density at radius 2 is 1.96 bits per heavy atom. The van der Waals surface area contributed by atoms with Gasteiger partial charge in [-0.05, 0) is 46.3 Å². The van der Waals surface area contributed by atoms with Crippen LogP contribution in [0.15, 0.2) is 64.3 Å². The summed E-state index contributed by atoms with van der Waals surface area (Å²) in [5.74, 6) is 0.444. The second-order valence-electron chi connectivity index (χ2n) is 5.50. The molecule has 3 rings (SSSR count). The molecule has 2 heterocycles. The van der Waals surface area contributed by atoms with Crippen molar-refractivity contribution in [2.75, 3.05) is 13.7 Å². The van der Waals surface area contributed by atoms with Gasteiger partial charge in [0.05, 0.1) is 29.9 Å². The summed E-state index contributed by atoms with van der Waals surface area (Å²) in [6.07, 6.45) is 5.05. The Bertz CT molecular complexity index is 963. The fraction of sp³-hybridized carbons (Fsp3) is 0.167. The van der Waals surface area contributed by atoms with Crippen molar-refractivity contribution in [2.45, 2.75) is 6.54 Å². The first kappa shape index (κ1) is 17.9. The largest absolute Gasteiger partial charge is 0.497 e. The van der Waals surface area contributed by atoms with E-state index in [2.05, 4.69) is 26.3 Å². The quantitative estimate of drug-likeness (QED) is 0.668. The molecule has 2 aromatic heterocycles. The van der Waals surface area contributed by atoms with E-state index in [1.54, 1.807) is 42.3 Å². The number of ether oxygens (including phenoxy) is 1. The Labute approximate surface area is 158 Å². The van der Waals surface area contributed by atoms with Crippen molar-refractivity contribution >= 4 is 21.8 Å². The van der Waals surface area contributed by atoms with Gasteiger partial charge in [-0.15, -0.1) is 0 Å². The van der Waals surface area contributed by atoms with E-state index in [-0.39, 0.29) is 11.5 Å². The number of hydrogen-bond donors (Lipinski definition) is 1. The van der Waals surface area contributed by atoms with Crippen molar-refractivity contribution in [1.82, 2.24) is 19.7 Å². The van der Waals surface area contributed by atoms with E-state index in [1.807, 2.05) is 6.20 Å². The van der Waals surface area contributed by atoms with Gasteiger partial charge < -0.3 is 10.1 Å². The van der Waals surface area contributed by atoms with Crippen LogP contribution in [0.25, 0.3) is 5.69 Å². The molecule has 1 amide bonds. The van der Waals surface area contributed by atoms with Gasteiger partial charge in [0.2, 0.25) is 0 Å². The van der Waals surface area contributed by atoms with Crippen molar-refractivity contribution in [1.29, 1.82) is 0 Å². The maximum absolute atomic E-state index is 12.3.